The van der Waals surface area contributed by atoms with Crippen LogP contribution >= 0.6 is 0 Å². The first-order chi connectivity index (χ1) is 6.33. The lowest BCUT2D eigenvalue weighted by Gasteiger charge is -2.02. The van der Waals surface area contributed by atoms with Crippen LogP contribution in [0.3, 0.4) is 0 Å². The van der Waals surface area contributed by atoms with Crippen molar-refractivity contribution in [3.63, 3.8) is 0 Å². The highest BCUT2D eigenvalue weighted by Crippen LogP contribution is 2.07. The fraction of sp³-hybridized carbons (Fsp3) is 0.111. The van der Waals surface area contributed by atoms with E-state index in [9.17, 15) is 9.59 Å². The van der Waals surface area contributed by atoms with Gasteiger partial charge >= 0.3 is 5.97 Å². The largest absolute Gasteiger partial charge is 0.425 e. The summed E-state index contributed by atoms with van der Waals surface area (Å²) < 4.78 is 4.86. The van der Waals surface area contributed by atoms with Crippen LogP contribution < -0.4 is 10.1 Å². The van der Waals surface area contributed by atoms with Crippen LogP contribution in [0.5, 0.6) is 5.75 Å². The van der Waals surface area contributed by atoms with Gasteiger partial charge in [0.05, 0.1) is 0 Å². The van der Waals surface area contributed by atoms with Crippen molar-refractivity contribution in [1.82, 2.24) is 5.32 Å². The van der Waals surface area contributed by atoms with Gasteiger partial charge in [-0.15, -0.1) is 0 Å². The Hall–Kier alpha value is -1.84. The highest BCUT2D eigenvalue weighted by atomic mass is 16.5. The van der Waals surface area contributed by atoms with Gasteiger partial charge in [-0.1, -0.05) is 18.2 Å². The molecular weight excluding hydrogens is 170 g/mol. The second-order valence-electron chi connectivity index (χ2n) is 2.29. The maximum absolute atomic E-state index is 10.9. The van der Waals surface area contributed by atoms with Gasteiger partial charge in [0.1, 0.15) is 12.3 Å². The average molecular weight is 179 g/mol. The molecule has 0 aliphatic heterocycles. The Kier molecular flexibility index (Phi) is 3.50. The minimum Gasteiger partial charge on any atom is -0.425 e. The summed E-state index contributed by atoms with van der Waals surface area (Å²) in [6.07, 6.45) is 0.451. The quantitative estimate of drug-likeness (QED) is 0.412. The molecule has 0 spiro atoms. The fourth-order valence-corrected chi connectivity index (χ4v) is 0.781. The van der Waals surface area contributed by atoms with E-state index in [1.807, 2.05) is 6.07 Å². The number of amides is 1. The lowest BCUT2D eigenvalue weighted by atomic mass is 10.3. The van der Waals surface area contributed by atoms with Crippen molar-refractivity contribution >= 4 is 12.4 Å². The van der Waals surface area contributed by atoms with Gasteiger partial charge in [-0.2, -0.15) is 0 Å². The van der Waals surface area contributed by atoms with Crippen molar-refractivity contribution in [1.29, 1.82) is 0 Å². The number of hydrogen-bond donors (Lipinski definition) is 1. The molecule has 0 aromatic heterocycles. The zero-order valence-corrected chi connectivity index (χ0v) is 6.90. The Bertz CT molecular complexity index is 284. The monoisotopic (exact) mass is 179 g/mol. The molecule has 4 nitrogen and oxygen atoms in total. The first-order valence-electron chi connectivity index (χ1n) is 3.75. The zero-order valence-electron chi connectivity index (χ0n) is 6.90. The number of carbonyl (C=O) groups excluding carboxylic acids is 2. The highest BCUT2D eigenvalue weighted by molar-refractivity contribution is 5.76. The Labute approximate surface area is 75.5 Å². The zero-order chi connectivity index (χ0) is 9.52. The molecule has 0 bridgehead atoms. The van der Waals surface area contributed by atoms with Crippen molar-refractivity contribution in [3.05, 3.63) is 30.3 Å². The third kappa shape index (κ3) is 3.37. The molecule has 68 valence electrons. The van der Waals surface area contributed by atoms with E-state index in [1.165, 1.54) is 0 Å². The molecule has 0 saturated carbocycles. The van der Waals surface area contributed by atoms with E-state index in [1.54, 1.807) is 24.3 Å². The molecule has 1 aromatic carbocycles. The van der Waals surface area contributed by atoms with Crippen LogP contribution in [0.4, 0.5) is 0 Å². The molecule has 13 heavy (non-hydrogen) atoms. The maximum Gasteiger partial charge on any atom is 0.330 e. The Morgan fingerprint density at radius 2 is 2.08 bits per heavy atom. The van der Waals surface area contributed by atoms with E-state index in [0.717, 1.165) is 0 Å². The molecule has 0 unspecified atom stereocenters. The van der Waals surface area contributed by atoms with Gasteiger partial charge in [0.25, 0.3) is 0 Å². The van der Waals surface area contributed by atoms with Crippen LogP contribution in [0, 0.1) is 0 Å². The van der Waals surface area contributed by atoms with E-state index >= 15 is 0 Å². The topological polar surface area (TPSA) is 55.4 Å². The molecule has 0 fully saturated rings. The van der Waals surface area contributed by atoms with Crippen LogP contribution in [-0.4, -0.2) is 18.9 Å². The summed E-state index contributed by atoms with van der Waals surface area (Å²) in [6, 6.07) is 8.67. The Morgan fingerprint density at radius 3 is 2.69 bits per heavy atom. The Balaban J connectivity index is 2.41. The smallest absolute Gasteiger partial charge is 0.330 e. The molecule has 0 heterocycles. The predicted octanol–water partition coefficient (Wildman–Crippen LogP) is 0.338. The van der Waals surface area contributed by atoms with Crippen LogP contribution in [-0.2, 0) is 9.59 Å². The second-order valence-corrected chi connectivity index (χ2v) is 2.29. The van der Waals surface area contributed by atoms with E-state index in [0.29, 0.717) is 12.2 Å². The average Bonchev–Trinajstić information content (AvgIpc) is 2.16. The molecule has 1 aromatic rings. The number of para-hydroxylation sites is 1. The molecule has 4 heteroatoms. The second kappa shape index (κ2) is 4.92. The van der Waals surface area contributed by atoms with Crippen molar-refractivity contribution in [2.75, 3.05) is 6.54 Å². The van der Waals surface area contributed by atoms with Crippen molar-refractivity contribution in [2.45, 2.75) is 0 Å². The number of hydrogen-bond acceptors (Lipinski definition) is 3. The lowest BCUT2D eigenvalue weighted by Crippen LogP contribution is -2.25. The third-order valence-electron chi connectivity index (χ3n) is 1.30. The molecule has 0 aliphatic rings. The molecule has 1 rings (SSSR count). The highest BCUT2D eigenvalue weighted by Gasteiger charge is 2.01. The van der Waals surface area contributed by atoms with Gasteiger partial charge in [-0.3, -0.25) is 4.79 Å². The third-order valence-corrected chi connectivity index (χ3v) is 1.30. The molecular formula is C9H9NO3. The lowest BCUT2D eigenvalue weighted by molar-refractivity contribution is -0.134. The number of nitrogens with one attached hydrogen (secondary N) is 1. The molecule has 1 N–H and O–H groups in total. The fourth-order valence-electron chi connectivity index (χ4n) is 0.781. The molecule has 0 radical (unpaired) electrons. The van der Waals surface area contributed by atoms with Gasteiger partial charge < -0.3 is 10.1 Å². The van der Waals surface area contributed by atoms with Crippen molar-refractivity contribution in [3.8, 4) is 5.75 Å². The van der Waals surface area contributed by atoms with E-state index in [2.05, 4.69) is 5.32 Å². The van der Waals surface area contributed by atoms with Crippen molar-refractivity contribution < 1.29 is 14.3 Å². The van der Waals surface area contributed by atoms with Gasteiger partial charge in [0.15, 0.2) is 0 Å². The molecule has 1 amide bonds. The summed E-state index contributed by atoms with van der Waals surface area (Å²) >= 11 is 0. The number of esters is 1. The molecule has 0 aliphatic carbocycles. The van der Waals surface area contributed by atoms with Gasteiger partial charge in [-0.25, -0.2) is 4.79 Å². The number of carbonyl (C=O) groups is 2. The first-order valence-corrected chi connectivity index (χ1v) is 3.75. The summed E-state index contributed by atoms with van der Waals surface area (Å²) in [5, 5.41) is 2.21. The Morgan fingerprint density at radius 1 is 1.38 bits per heavy atom. The minimum absolute atomic E-state index is 0.113. The van der Waals surface area contributed by atoms with Gasteiger partial charge in [-0.05, 0) is 12.1 Å². The number of rotatable bonds is 4. The van der Waals surface area contributed by atoms with E-state index < -0.39 is 5.97 Å². The number of ether oxygens (including phenoxy) is 1. The maximum atomic E-state index is 10.9. The van der Waals surface area contributed by atoms with Crippen LogP contribution in [0.25, 0.3) is 0 Å². The summed E-state index contributed by atoms with van der Waals surface area (Å²) in [4.78, 5) is 20.8. The van der Waals surface area contributed by atoms with E-state index in [-0.39, 0.29) is 6.54 Å². The predicted molar refractivity (Wildman–Crippen MR) is 46.1 cm³/mol. The molecule has 0 atom stereocenters. The standard InChI is InChI=1S/C9H9NO3/c11-7-10-6-9(12)13-8-4-2-1-3-5-8/h1-5,7H,6H2,(H,10,11). The van der Waals surface area contributed by atoms with Gasteiger partial charge in [0, 0.05) is 0 Å². The number of benzene rings is 1. The summed E-state index contributed by atoms with van der Waals surface area (Å²) in [5.74, 6) is -0.0153. The van der Waals surface area contributed by atoms with Crippen LogP contribution in [0.15, 0.2) is 30.3 Å². The minimum atomic E-state index is -0.488. The SMILES string of the molecule is O=CNCC(=O)Oc1ccccc1. The van der Waals surface area contributed by atoms with Crippen LogP contribution in [0.1, 0.15) is 0 Å². The first kappa shape index (κ1) is 9.25. The summed E-state index contributed by atoms with van der Waals surface area (Å²) in [7, 11) is 0. The van der Waals surface area contributed by atoms with Crippen LogP contribution in [0.2, 0.25) is 0 Å². The normalized spacial score (nSPS) is 8.92. The van der Waals surface area contributed by atoms with E-state index in [4.69, 9.17) is 4.74 Å². The molecule has 0 saturated heterocycles. The van der Waals surface area contributed by atoms with Crippen molar-refractivity contribution in [2.24, 2.45) is 0 Å². The van der Waals surface area contributed by atoms with Gasteiger partial charge in [0.2, 0.25) is 6.41 Å². The summed E-state index contributed by atoms with van der Waals surface area (Å²) in [5.41, 5.74) is 0. The summed E-state index contributed by atoms with van der Waals surface area (Å²) in [6.45, 7) is -0.113.